The summed E-state index contributed by atoms with van der Waals surface area (Å²) < 4.78 is 20.3. The van der Waals surface area contributed by atoms with Crippen LogP contribution in [0, 0.1) is 5.82 Å². The van der Waals surface area contributed by atoms with E-state index >= 15 is 0 Å². The number of hydrogen-bond acceptors (Lipinski definition) is 5. The minimum absolute atomic E-state index is 0.0732. The van der Waals surface area contributed by atoms with Gasteiger partial charge in [0.2, 0.25) is 0 Å². The molecule has 0 aliphatic carbocycles. The van der Waals surface area contributed by atoms with Crippen molar-refractivity contribution >= 4 is 17.5 Å². The van der Waals surface area contributed by atoms with Crippen LogP contribution in [0.15, 0.2) is 59.8 Å². The maximum Gasteiger partial charge on any atom is 0.192 e. The lowest BCUT2D eigenvalue weighted by molar-refractivity contribution is 0.0993. The first-order valence-electron chi connectivity index (χ1n) is 9.00. The van der Waals surface area contributed by atoms with Gasteiger partial charge in [0.15, 0.2) is 10.9 Å². The summed E-state index contributed by atoms with van der Waals surface area (Å²) in [5.41, 5.74) is 1.62. The maximum atomic E-state index is 13.1. The number of nitrogens with zero attached hydrogens (tertiary/aromatic N) is 3. The minimum atomic E-state index is -0.375. The van der Waals surface area contributed by atoms with E-state index < -0.39 is 0 Å². The molecule has 0 spiro atoms. The van der Waals surface area contributed by atoms with Crippen LogP contribution in [0.4, 0.5) is 4.39 Å². The van der Waals surface area contributed by atoms with E-state index in [9.17, 15) is 9.18 Å². The number of hydrogen-bond donors (Lipinski definition) is 0. The number of benzene rings is 2. The molecule has 5 nitrogen and oxygen atoms in total. The molecule has 0 aliphatic rings. The first-order chi connectivity index (χ1) is 13.6. The molecule has 7 heteroatoms. The fraction of sp³-hybridized carbons (Fsp3) is 0.286. The van der Waals surface area contributed by atoms with E-state index in [4.69, 9.17) is 4.74 Å². The Balaban J connectivity index is 1.78. The van der Waals surface area contributed by atoms with E-state index in [-0.39, 0.29) is 16.9 Å². The lowest BCUT2D eigenvalue weighted by Gasteiger charge is -2.13. The number of ether oxygens (including phenoxy) is 1. The topological polar surface area (TPSA) is 57.0 Å². The molecule has 2 aromatic carbocycles. The highest BCUT2D eigenvalue weighted by Crippen LogP contribution is 2.26. The minimum Gasteiger partial charge on any atom is -0.383 e. The summed E-state index contributed by atoms with van der Waals surface area (Å²) in [6, 6.07) is 15.6. The number of ketones is 1. The highest BCUT2D eigenvalue weighted by atomic mass is 32.2. The second-order valence-corrected chi connectivity index (χ2v) is 7.64. The Morgan fingerprint density at radius 3 is 2.54 bits per heavy atom. The molecule has 1 atom stereocenters. The number of carbonyl (C=O) groups excluding carboxylic acids is 1. The second kappa shape index (κ2) is 9.61. The van der Waals surface area contributed by atoms with Gasteiger partial charge >= 0.3 is 0 Å². The maximum absolute atomic E-state index is 13.1. The number of aromatic nitrogens is 3. The first-order valence-corrected chi connectivity index (χ1v) is 9.88. The molecule has 28 heavy (non-hydrogen) atoms. The zero-order chi connectivity index (χ0) is 19.9. The molecule has 0 aliphatic heterocycles. The first kappa shape index (κ1) is 20.2. The normalized spacial score (nSPS) is 12.1. The van der Waals surface area contributed by atoms with Gasteiger partial charge < -0.3 is 9.30 Å². The lowest BCUT2D eigenvalue weighted by atomic mass is 10.1. The summed E-state index contributed by atoms with van der Waals surface area (Å²) in [6.45, 7) is 2.95. The third kappa shape index (κ3) is 5.05. The third-order valence-electron chi connectivity index (χ3n) is 4.30. The van der Waals surface area contributed by atoms with Gasteiger partial charge in [-0.05, 0) is 36.8 Å². The van der Waals surface area contributed by atoms with Crippen LogP contribution < -0.4 is 0 Å². The molecular formula is C21H22FN3O2S. The summed E-state index contributed by atoms with van der Waals surface area (Å²) in [5, 5.41) is 8.94. The average Bonchev–Trinajstić information content (AvgIpc) is 3.08. The van der Waals surface area contributed by atoms with Gasteiger partial charge in [0, 0.05) is 25.6 Å². The fourth-order valence-electron chi connectivity index (χ4n) is 2.78. The summed E-state index contributed by atoms with van der Waals surface area (Å²) in [5.74, 6) is 0.393. The van der Waals surface area contributed by atoms with Crippen molar-refractivity contribution in [3.8, 4) is 0 Å². The summed E-state index contributed by atoms with van der Waals surface area (Å²) >= 11 is 1.35. The van der Waals surface area contributed by atoms with E-state index in [0.29, 0.717) is 30.3 Å². The van der Waals surface area contributed by atoms with Crippen molar-refractivity contribution in [3.05, 3.63) is 77.4 Å². The third-order valence-corrected chi connectivity index (χ3v) is 5.38. The second-order valence-electron chi connectivity index (χ2n) is 6.34. The SMILES string of the molecule is COCCn1c(Cc2ccccc2)nnc1S[C@@H](C)C(=O)c1ccc(F)cc1. The Hall–Kier alpha value is -2.51. The number of rotatable bonds is 9. The predicted octanol–water partition coefficient (Wildman–Crippen LogP) is 4.02. The van der Waals surface area contributed by atoms with Crippen LogP contribution >= 0.6 is 11.8 Å². The van der Waals surface area contributed by atoms with Gasteiger partial charge in [-0.15, -0.1) is 10.2 Å². The zero-order valence-electron chi connectivity index (χ0n) is 15.8. The van der Waals surface area contributed by atoms with Crippen molar-refractivity contribution in [3.63, 3.8) is 0 Å². The molecule has 0 bridgehead atoms. The highest BCUT2D eigenvalue weighted by molar-refractivity contribution is 8.00. The monoisotopic (exact) mass is 399 g/mol. The largest absolute Gasteiger partial charge is 0.383 e. The molecule has 0 saturated heterocycles. The summed E-state index contributed by atoms with van der Waals surface area (Å²) in [4.78, 5) is 12.7. The standard InChI is InChI=1S/C21H22FN3O2S/c1-15(20(26)17-8-10-18(22)11-9-17)28-21-24-23-19(25(21)12-13-27-2)14-16-6-4-3-5-7-16/h3-11,15H,12-14H2,1-2H3/t15-/m0/s1. The van der Waals surface area contributed by atoms with Crippen molar-refractivity contribution in [1.29, 1.82) is 0 Å². The lowest BCUT2D eigenvalue weighted by Crippen LogP contribution is -2.16. The average molecular weight is 399 g/mol. The molecule has 0 unspecified atom stereocenters. The van der Waals surface area contributed by atoms with Crippen molar-refractivity contribution in [2.24, 2.45) is 0 Å². The molecule has 0 N–H and O–H groups in total. The molecule has 1 heterocycles. The number of Topliss-reactive ketones (excluding diaryl/α,β-unsaturated/α-hetero) is 1. The van der Waals surface area contributed by atoms with Gasteiger partial charge in [-0.1, -0.05) is 42.1 Å². The molecule has 146 valence electrons. The molecule has 0 saturated carbocycles. The van der Waals surface area contributed by atoms with Crippen LogP contribution in [0.1, 0.15) is 28.7 Å². The van der Waals surface area contributed by atoms with Crippen LogP contribution in [0.25, 0.3) is 0 Å². The smallest absolute Gasteiger partial charge is 0.192 e. The van der Waals surface area contributed by atoms with Gasteiger partial charge in [0.1, 0.15) is 11.6 Å². The van der Waals surface area contributed by atoms with E-state index in [0.717, 1.165) is 11.4 Å². The molecule has 1 aromatic heterocycles. The zero-order valence-corrected chi connectivity index (χ0v) is 16.7. The summed E-state index contributed by atoms with van der Waals surface area (Å²) in [6.07, 6.45) is 0.651. The van der Waals surface area contributed by atoms with Gasteiger partial charge in [-0.3, -0.25) is 4.79 Å². The van der Waals surface area contributed by atoms with Crippen molar-refractivity contribution in [2.45, 2.75) is 30.3 Å². The Morgan fingerprint density at radius 2 is 1.86 bits per heavy atom. The van der Waals surface area contributed by atoms with Gasteiger partial charge in [-0.2, -0.15) is 0 Å². The van der Waals surface area contributed by atoms with Crippen LogP contribution in [0.2, 0.25) is 0 Å². The van der Waals surface area contributed by atoms with Crippen molar-refractivity contribution < 1.29 is 13.9 Å². The predicted molar refractivity (Wildman–Crippen MR) is 107 cm³/mol. The van der Waals surface area contributed by atoms with Crippen LogP contribution in [-0.2, 0) is 17.7 Å². The number of thioether (sulfide) groups is 1. The fourth-order valence-corrected chi connectivity index (χ4v) is 3.75. The summed E-state index contributed by atoms with van der Waals surface area (Å²) in [7, 11) is 1.65. The quantitative estimate of drug-likeness (QED) is 0.402. The van der Waals surface area contributed by atoms with Crippen molar-refractivity contribution in [1.82, 2.24) is 14.8 Å². The van der Waals surface area contributed by atoms with E-state index in [1.54, 1.807) is 7.11 Å². The molecule has 0 fully saturated rings. The molecule has 3 aromatic rings. The molecule has 3 rings (SSSR count). The number of methoxy groups -OCH3 is 1. The molecule has 0 amide bonds. The molecule has 0 radical (unpaired) electrons. The van der Waals surface area contributed by atoms with Crippen LogP contribution in [0.3, 0.4) is 0 Å². The Kier molecular flexibility index (Phi) is 6.95. The number of halogens is 1. The van der Waals surface area contributed by atoms with Gasteiger partial charge in [0.25, 0.3) is 0 Å². The number of carbonyl (C=O) groups is 1. The van der Waals surface area contributed by atoms with Crippen molar-refractivity contribution in [2.75, 3.05) is 13.7 Å². The van der Waals surface area contributed by atoms with Crippen LogP contribution in [-0.4, -0.2) is 39.5 Å². The van der Waals surface area contributed by atoms with Crippen LogP contribution in [0.5, 0.6) is 0 Å². The van der Waals surface area contributed by atoms with E-state index in [1.807, 2.05) is 41.8 Å². The highest BCUT2D eigenvalue weighted by Gasteiger charge is 2.21. The van der Waals surface area contributed by atoms with E-state index in [2.05, 4.69) is 10.2 Å². The Labute approximate surface area is 167 Å². The Morgan fingerprint density at radius 1 is 1.14 bits per heavy atom. The van der Waals surface area contributed by atoms with E-state index in [1.165, 1.54) is 36.0 Å². The van der Waals surface area contributed by atoms with Gasteiger partial charge in [0.05, 0.1) is 11.9 Å². The molecular weight excluding hydrogens is 377 g/mol. The van der Waals surface area contributed by atoms with Gasteiger partial charge in [-0.25, -0.2) is 4.39 Å². The Bertz CT molecular complexity index is 913.